The number of piperidine rings is 1. The van der Waals surface area contributed by atoms with Crippen molar-refractivity contribution >= 4 is 5.91 Å². The number of pyridine rings is 1. The molecular weight excluding hydrogens is 316 g/mol. The minimum atomic E-state index is 0.0764. The summed E-state index contributed by atoms with van der Waals surface area (Å²) >= 11 is 0. The van der Waals surface area contributed by atoms with Crippen molar-refractivity contribution in [2.24, 2.45) is 5.92 Å². The second kappa shape index (κ2) is 8.25. The summed E-state index contributed by atoms with van der Waals surface area (Å²) < 4.78 is 5.27. The van der Waals surface area contributed by atoms with Gasteiger partial charge in [-0.25, -0.2) is 0 Å². The Morgan fingerprint density at radius 2 is 2.16 bits per heavy atom. The van der Waals surface area contributed by atoms with Crippen molar-refractivity contribution in [3.63, 3.8) is 0 Å². The molecule has 0 atom stereocenters. The van der Waals surface area contributed by atoms with Gasteiger partial charge in [-0.1, -0.05) is 25.1 Å². The van der Waals surface area contributed by atoms with Gasteiger partial charge in [-0.15, -0.1) is 0 Å². The van der Waals surface area contributed by atoms with E-state index in [1.807, 2.05) is 30.5 Å². The molecule has 2 aromatic rings. The molecular formula is C19H26N4O2. The molecule has 6 nitrogen and oxygen atoms in total. The van der Waals surface area contributed by atoms with E-state index < -0.39 is 0 Å². The number of nitrogens with one attached hydrogen (secondary N) is 1. The standard InChI is InChI=1S/C19H26N4O2/c1-14(2)18-11-17(25-22-18)12-21-19(24)15-6-9-23(10-7-15)13-16-5-3-4-8-20-16/h3-5,8,11,14-15H,6-7,9-10,12-13H2,1-2H3,(H,21,24). The first-order valence-electron chi connectivity index (χ1n) is 8.97. The van der Waals surface area contributed by atoms with Gasteiger partial charge in [0.25, 0.3) is 0 Å². The van der Waals surface area contributed by atoms with Crippen LogP contribution in [0.25, 0.3) is 0 Å². The fourth-order valence-corrected chi connectivity index (χ4v) is 3.08. The molecule has 6 heteroatoms. The number of rotatable bonds is 6. The number of amides is 1. The molecule has 0 unspecified atom stereocenters. The summed E-state index contributed by atoms with van der Waals surface area (Å²) in [6.07, 6.45) is 3.59. The van der Waals surface area contributed by atoms with Crippen LogP contribution in [-0.2, 0) is 17.9 Å². The van der Waals surface area contributed by atoms with Gasteiger partial charge in [0.15, 0.2) is 5.76 Å². The summed E-state index contributed by atoms with van der Waals surface area (Å²) in [6, 6.07) is 7.90. The quantitative estimate of drug-likeness (QED) is 0.874. The Morgan fingerprint density at radius 1 is 1.36 bits per heavy atom. The molecule has 1 aliphatic heterocycles. The first kappa shape index (κ1) is 17.6. The molecule has 1 amide bonds. The van der Waals surface area contributed by atoms with Gasteiger partial charge in [-0.05, 0) is 44.0 Å². The predicted octanol–water partition coefficient (Wildman–Crippen LogP) is 2.72. The maximum atomic E-state index is 12.4. The SMILES string of the molecule is CC(C)c1cc(CNC(=O)C2CCN(Cc3ccccn3)CC2)on1. The molecule has 0 radical (unpaired) electrons. The molecule has 1 fully saturated rings. The average molecular weight is 342 g/mol. The van der Waals surface area contributed by atoms with Crippen LogP contribution in [0, 0.1) is 5.92 Å². The van der Waals surface area contributed by atoms with Crippen LogP contribution in [0.1, 0.15) is 49.8 Å². The molecule has 1 saturated heterocycles. The minimum Gasteiger partial charge on any atom is -0.359 e. The third kappa shape index (κ3) is 4.89. The number of hydrogen-bond donors (Lipinski definition) is 1. The van der Waals surface area contributed by atoms with Crippen LogP contribution < -0.4 is 5.32 Å². The summed E-state index contributed by atoms with van der Waals surface area (Å²) in [6.45, 7) is 7.25. The van der Waals surface area contributed by atoms with Crippen LogP contribution >= 0.6 is 0 Å². The van der Waals surface area contributed by atoms with Gasteiger partial charge < -0.3 is 9.84 Å². The number of nitrogens with zero attached hydrogens (tertiary/aromatic N) is 3. The van der Waals surface area contributed by atoms with Crippen LogP contribution in [0.4, 0.5) is 0 Å². The highest BCUT2D eigenvalue weighted by Crippen LogP contribution is 2.19. The summed E-state index contributed by atoms with van der Waals surface area (Å²) in [5.41, 5.74) is 2.00. The Kier molecular flexibility index (Phi) is 5.81. The number of carbonyl (C=O) groups excluding carboxylic acids is 1. The van der Waals surface area contributed by atoms with E-state index in [1.54, 1.807) is 0 Å². The Balaban J connectivity index is 1.42. The lowest BCUT2D eigenvalue weighted by Gasteiger charge is -2.30. The first-order valence-corrected chi connectivity index (χ1v) is 8.97. The van der Waals surface area contributed by atoms with E-state index in [1.165, 1.54) is 0 Å². The van der Waals surface area contributed by atoms with Crippen molar-refractivity contribution in [1.82, 2.24) is 20.4 Å². The van der Waals surface area contributed by atoms with Crippen LogP contribution in [0.2, 0.25) is 0 Å². The largest absolute Gasteiger partial charge is 0.359 e. The van der Waals surface area contributed by atoms with Gasteiger partial charge in [0.05, 0.1) is 17.9 Å². The smallest absolute Gasteiger partial charge is 0.223 e. The Bertz CT molecular complexity index is 676. The number of carbonyl (C=O) groups is 1. The molecule has 0 saturated carbocycles. The molecule has 2 aromatic heterocycles. The number of aromatic nitrogens is 2. The van der Waals surface area contributed by atoms with E-state index in [0.717, 1.165) is 43.9 Å². The highest BCUT2D eigenvalue weighted by Gasteiger charge is 2.25. The fraction of sp³-hybridized carbons (Fsp3) is 0.526. The Labute approximate surface area is 148 Å². The third-order valence-corrected chi connectivity index (χ3v) is 4.68. The zero-order chi connectivity index (χ0) is 17.6. The molecule has 25 heavy (non-hydrogen) atoms. The predicted molar refractivity (Wildman–Crippen MR) is 94.7 cm³/mol. The van der Waals surface area contributed by atoms with Crippen molar-refractivity contribution in [3.05, 3.63) is 47.6 Å². The van der Waals surface area contributed by atoms with Gasteiger partial charge in [0, 0.05) is 24.7 Å². The molecule has 1 aliphatic rings. The van der Waals surface area contributed by atoms with Gasteiger partial charge in [0.1, 0.15) is 0 Å². The zero-order valence-electron chi connectivity index (χ0n) is 14.9. The van der Waals surface area contributed by atoms with E-state index >= 15 is 0 Å². The van der Waals surface area contributed by atoms with Crippen molar-refractivity contribution in [1.29, 1.82) is 0 Å². The van der Waals surface area contributed by atoms with Crippen LogP contribution in [0.3, 0.4) is 0 Å². The maximum Gasteiger partial charge on any atom is 0.223 e. The number of likely N-dealkylation sites (tertiary alicyclic amines) is 1. The molecule has 0 aliphatic carbocycles. The maximum absolute atomic E-state index is 12.4. The van der Waals surface area contributed by atoms with Gasteiger partial charge in [-0.3, -0.25) is 14.7 Å². The first-order chi connectivity index (χ1) is 12.1. The Morgan fingerprint density at radius 3 is 2.80 bits per heavy atom. The zero-order valence-corrected chi connectivity index (χ0v) is 14.9. The van der Waals surface area contributed by atoms with Crippen LogP contribution in [-0.4, -0.2) is 34.0 Å². The van der Waals surface area contributed by atoms with Crippen molar-refractivity contribution in [2.45, 2.75) is 45.7 Å². The molecule has 0 spiro atoms. The normalized spacial score (nSPS) is 16.3. The molecule has 3 heterocycles. The van der Waals surface area contributed by atoms with E-state index in [0.29, 0.717) is 18.2 Å². The second-order valence-corrected chi connectivity index (χ2v) is 6.96. The van der Waals surface area contributed by atoms with Crippen molar-refractivity contribution in [3.8, 4) is 0 Å². The third-order valence-electron chi connectivity index (χ3n) is 4.68. The van der Waals surface area contributed by atoms with E-state index in [9.17, 15) is 4.79 Å². The monoisotopic (exact) mass is 342 g/mol. The van der Waals surface area contributed by atoms with Crippen LogP contribution in [0.5, 0.6) is 0 Å². The lowest BCUT2D eigenvalue weighted by atomic mass is 9.95. The lowest BCUT2D eigenvalue weighted by Crippen LogP contribution is -2.40. The van der Waals surface area contributed by atoms with Gasteiger partial charge in [0.2, 0.25) is 5.91 Å². The van der Waals surface area contributed by atoms with E-state index in [2.05, 4.69) is 34.2 Å². The molecule has 0 bridgehead atoms. The molecule has 134 valence electrons. The van der Waals surface area contributed by atoms with E-state index in [4.69, 9.17) is 4.52 Å². The van der Waals surface area contributed by atoms with Crippen molar-refractivity contribution < 1.29 is 9.32 Å². The Hall–Kier alpha value is -2.21. The highest BCUT2D eigenvalue weighted by atomic mass is 16.5. The van der Waals surface area contributed by atoms with Gasteiger partial charge in [-0.2, -0.15) is 0 Å². The van der Waals surface area contributed by atoms with Crippen molar-refractivity contribution in [2.75, 3.05) is 13.1 Å². The lowest BCUT2D eigenvalue weighted by molar-refractivity contribution is -0.126. The molecule has 3 rings (SSSR count). The van der Waals surface area contributed by atoms with E-state index in [-0.39, 0.29) is 11.8 Å². The average Bonchev–Trinajstić information content (AvgIpc) is 3.11. The fourth-order valence-electron chi connectivity index (χ4n) is 3.08. The second-order valence-electron chi connectivity index (χ2n) is 6.96. The molecule has 1 N–H and O–H groups in total. The summed E-state index contributed by atoms with van der Waals surface area (Å²) in [4.78, 5) is 19.1. The van der Waals surface area contributed by atoms with Gasteiger partial charge >= 0.3 is 0 Å². The highest BCUT2D eigenvalue weighted by molar-refractivity contribution is 5.78. The summed E-state index contributed by atoms with van der Waals surface area (Å²) in [7, 11) is 0. The summed E-state index contributed by atoms with van der Waals surface area (Å²) in [5.74, 6) is 1.23. The van der Waals surface area contributed by atoms with Crippen LogP contribution in [0.15, 0.2) is 35.0 Å². The summed E-state index contributed by atoms with van der Waals surface area (Å²) in [5, 5.41) is 7.00. The molecule has 0 aromatic carbocycles. The topological polar surface area (TPSA) is 71.3 Å². The number of hydrogen-bond acceptors (Lipinski definition) is 5. The minimum absolute atomic E-state index is 0.0764.